The second-order valence-corrected chi connectivity index (χ2v) is 8.98. The van der Waals surface area contributed by atoms with Crippen LogP contribution in [0.25, 0.3) is 0 Å². The highest BCUT2D eigenvalue weighted by Gasteiger charge is 2.40. The van der Waals surface area contributed by atoms with Crippen molar-refractivity contribution in [1.82, 2.24) is 0 Å². The lowest BCUT2D eigenvalue weighted by Gasteiger charge is -2.17. The van der Waals surface area contributed by atoms with Crippen LogP contribution in [0, 0.1) is 13.8 Å². The predicted octanol–water partition coefficient (Wildman–Crippen LogP) is 5.94. The molecule has 1 aliphatic heterocycles. The molecule has 0 unspecified atom stereocenters. The van der Waals surface area contributed by atoms with Crippen molar-refractivity contribution in [2.24, 2.45) is 0 Å². The molecular formula is C27H21ClF3N3O3. The third-order valence-corrected chi connectivity index (χ3v) is 5.90. The summed E-state index contributed by atoms with van der Waals surface area (Å²) in [6.45, 7) is 3.88. The molecule has 10 heteroatoms. The fourth-order valence-electron chi connectivity index (χ4n) is 3.95. The number of carbonyl (C=O) groups excluding carboxylic acids is 3. The number of hydrogen-bond donors (Lipinski definition) is 2. The van der Waals surface area contributed by atoms with Gasteiger partial charge in [0, 0.05) is 11.4 Å². The Bertz CT molecular complexity index is 1410. The molecule has 3 aromatic rings. The van der Waals surface area contributed by atoms with Crippen LogP contribution in [0.15, 0.2) is 77.5 Å². The molecule has 1 aliphatic rings. The van der Waals surface area contributed by atoms with E-state index in [0.717, 1.165) is 23.3 Å². The fraction of sp³-hybridized carbons (Fsp3) is 0.148. The van der Waals surface area contributed by atoms with E-state index in [1.807, 2.05) is 32.0 Å². The number of rotatable bonds is 6. The number of imide groups is 1. The molecule has 1 heterocycles. The third kappa shape index (κ3) is 5.83. The van der Waals surface area contributed by atoms with Gasteiger partial charge in [0.25, 0.3) is 11.8 Å². The second kappa shape index (κ2) is 10.1. The lowest BCUT2D eigenvalue weighted by Crippen LogP contribution is -2.32. The Balaban J connectivity index is 1.44. The summed E-state index contributed by atoms with van der Waals surface area (Å²) in [7, 11) is 0. The molecule has 37 heavy (non-hydrogen) atoms. The van der Waals surface area contributed by atoms with Crippen molar-refractivity contribution in [2.75, 3.05) is 15.5 Å². The first kappa shape index (κ1) is 26.0. The molecule has 2 N–H and O–H groups in total. The topological polar surface area (TPSA) is 78.5 Å². The van der Waals surface area contributed by atoms with Gasteiger partial charge in [-0.1, -0.05) is 35.9 Å². The molecule has 0 aromatic heterocycles. The van der Waals surface area contributed by atoms with Crippen LogP contribution in [-0.4, -0.2) is 17.7 Å². The zero-order valence-corrected chi connectivity index (χ0v) is 20.5. The standard InChI is InChI=1S/C27H21ClF3N3O3/c1-15-10-16(2)12-20(11-15)32-22(35)13-17-6-8-19(9-7-17)33-24-23(28)25(36)34(26(24)37)21-5-3-4-18(14-21)27(29,30)31/h3-12,14,33H,13H2,1-2H3,(H,32,35). The average Bonchev–Trinajstić information content (AvgIpc) is 3.02. The van der Waals surface area contributed by atoms with Gasteiger partial charge in [-0.05, 0) is 73.0 Å². The Morgan fingerprint density at radius 2 is 1.54 bits per heavy atom. The lowest BCUT2D eigenvalue weighted by atomic mass is 10.1. The largest absolute Gasteiger partial charge is 0.416 e. The van der Waals surface area contributed by atoms with Crippen molar-refractivity contribution >= 4 is 46.4 Å². The minimum Gasteiger partial charge on any atom is -0.350 e. The van der Waals surface area contributed by atoms with Crippen LogP contribution in [0.1, 0.15) is 22.3 Å². The van der Waals surface area contributed by atoms with Crippen molar-refractivity contribution in [3.8, 4) is 0 Å². The van der Waals surface area contributed by atoms with Crippen molar-refractivity contribution < 1.29 is 27.6 Å². The number of halogens is 4. The van der Waals surface area contributed by atoms with Gasteiger partial charge in [0.15, 0.2) is 0 Å². The number of amides is 3. The van der Waals surface area contributed by atoms with Crippen LogP contribution in [-0.2, 0) is 27.0 Å². The Kier molecular flexibility index (Phi) is 7.09. The van der Waals surface area contributed by atoms with E-state index in [4.69, 9.17) is 11.6 Å². The SMILES string of the molecule is Cc1cc(C)cc(NC(=O)Cc2ccc(NC3=C(Cl)C(=O)N(c4cccc(C(F)(F)F)c4)C3=O)cc2)c1. The predicted molar refractivity (Wildman–Crippen MR) is 135 cm³/mol. The monoisotopic (exact) mass is 527 g/mol. The van der Waals surface area contributed by atoms with Gasteiger partial charge in [0.05, 0.1) is 17.7 Å². The maximum atomic E-state index is 13.1. The number of hydrogen-bond acceptors (Lipinski definition) is 4. The highest BCUT2D eigenvalue weighted by Crippen LogP contribution is 2.35. The number of nitrogens with one attached hydrogen (secondary N) is 2. The highest BCUT2D eigenvalue weighted by atomic mass is 35.5. The first-order chi connectivity index (χ1) is 17.4. The first-order valence-electron chi connectivity index (χ1n) is 11.1. The van der Waals surface area contributed by atoms with Crippen LogP contribution in [0.2, 0.25) is 0 Å². The summed E-state index contributed by atoms with van der Waals surface area (Å²) in [5.74, 6) is -2.02. The number of nitrogens with zero attached hydrogens (tertiary/aromatic N) is 1. The molecule has 4 rings (SSSR count). The molecule has 0 atom stereocenters. The van der Waals surface area contributed by atoms with E-state index in [0.29, 0.717) is 27.9 Å². The average molecular weight is 528 g/mol. The molecule has 3 aromatic carbocycles. The lowest BCUT2D eigenvalue weighted by molar-refractivity contribution is -0.137. The number of aryl methyl sites for hydroxylation is 2. The van der Waals surface area contributed by atoms with Gasteiger partial charge in [-0.3, -0.25) is 14.4 Å². The van der Waals surface area contributed by atoms with E-state index in [1.165, 1.54) is 6.07 Å². The van der Waals surface area contributed by atoms with Gasteiger partial charge in [-0.15, -0.1) is 0 Å². The molecule has 6 nitrogen and oxygen atoms in total. The summed E-state index contributed by atoms with van der Waals surface area (Å²) in [4.78, 5) is 38.5. The maximum absolute atomic E-state index is 13.1. The van der Waals surface area contributed by atoms with Gasteiger partial charge < -0.3 is 10.6 Å². The van der Waals surface area contributed by atoms with Gasteiger partial charge in [0.2, 0.25) is 5.91 Å². The normalized spacial score (nSPS) is 13.8. The zero-order chi connectivity index (χ0) is 26.9. The van der Waals surface area contributed by atoms with E-state index in [2.05, 4.69) is 10.6 Å². The molecule has 0 aliphatic carbocycles. The minimum absolute atomic E-state index is 0.109. The minimum atomic E-state index is -4.64. The van der Waals surface area contributed by atoms with Gasteiger partial charge in [-0.2, -0.15) is 13.2 Å². The van der Waals surface area contributed by atoms with Crippen LogP contribution in [0.3, 0.4) is 0 Å². The van der Waals surface area contributed by atoms with E-state index < -0.39 is 28.6 Å². The van der Waals surface area contributed by atoms with E-state index in [1.54, 1.807) is 24.3 Å². The molecule has 0 saturated heterocycles. The fourth-order valence-corrected chi connectivity index (χ4v) is 4.17. The van der Waals surface area contributed by atoms with E-state index >= 15 is 0 Å². The summed E-state index contributed by atoms with van der Waals surface area (Å²) in [6, 6.07) is 16.2. The molecular weight excluding hydrogens is 507 g/mol. The van der Waals surface area contributed by atoms with Crippen LogP contribution in [0.5, 0.6) is 0 Å². The first-order valence-corrected chi connectivity index (χ1v) is 11.5. The number of benzene rings is 3. The van der Waals surface area contributed by atoms with Crippen molar-refractivity contribution in [1.29, 1.82) is 0 Å². The van der Waals surface area contributed by atoms with Crippen LogP contribution in [0.4, 0.5) is 30.2 Å². The second-order valence-electron chi connectivity index (χ2n) is 8.61. The molecule has 0 fully saturated rings. The Hall–Kier alpha value is -4.11. The summed E-state index contributed by atoms with van der Waals surface area (Å²) in [5, 5.41) is 5.17. The summed E-state index contributed by atoms with van der Waals surface area (Å²) in [5.41, 5.74) is 2.37. The Morgan fingerprint density at radius 1 is 0.892 bits per heavy atom. The highest BCUT2D eigenvalue weighted by molar-refractivity contribution is 6.53. The molecule has 190 valence electrons. The third-order valence-electron chi connectivity index (χ3n) is 5.55. The smallest absolute Gasteiger partial charge is 0.350 e. The quantitative estimate of drug-likeness (QED) is 0.389. The molecule has 0 bridgehead atoms. The van der Waals surface area contributed by atoms with Crippen molar-refractivity contribution in [2.45, 2.75) is 26.4 Å². The molecule has 0 radical (unpaired) electrons. The summed E-state index contributed by atoms with van der Waals surface area (Å²) >= 11 is 6.08. The van der Waals surface area contributed by atoms with Crippen LogP contribution < -0.4 is 15.5 Å². The number of anilines is 3. The number of carbonyl (C=O) groups is 3. The molecule has 0 saturated carbocycles. The summed E-state index contributed by atoms with van der Waals surface area (Å²) in [6.07, 6.45) is -4.53. The van der Waals surface area contributed by atoms with Crippen molar-refractivity contribution in [3.63, 3.8) is 0 Å². The van der Waals surface area contributed by atoms with E-state index in [9.17, 15) is 27.6 Å². The zero-order valence-electron chi connectivity index (χ0n) is 19.7. The Labute approximate surface area is 215 Å². The van der Waals surface area contributed by atoms with E-state index in [-0.39, 0.29) is 23.7 Å². The summed E-state index contributed by atoms with van der Waals surface area (Å²) < 4.78 is 39.2. The maximum Gasteiger partial charge on any atom is 0.416 e. The number of alkyl halides is 3. The van der Waals surface area contributed by atoms with Crippen LogP contribution >= 0.6 is 11.6 Å². The molecule has 3 amide bonds. The van der Waals surface area contributed by atoms with Gasteiger partial charge >= 0.3 is 6.18 Å². The van der Waals surface area contributed by atoms with Crippen molar-refractivity contribution in [3.05, 3.63) is 99.7 Å². The van der Waals surface area contributed by atoms with Gasteiger partial charge in [-0.25, -0.2) is 4.90 Å². The molecule has 0 spiro atoms. The van der Waals surface area contributed by atoms with Gasteiger partial charge in [0.1, 0.15) is 10.7 Å². The Morgan fingerprint density at radius 3 is 2.16 bits per heavy atom.